The van der Waals surface area contributed by atoms with Gasteiger partial charge in [-0.15, -0.1) is 0 Å². The molecule has 6 nitrogen and oxygen atoms in total. The molecular weight excluding hydrogens is 398 g/mol. The summed E-state index contributed by atoms with van der Waals surface area (Å²) in [5, 5.41) is 2.55. The average molecular weight is 424 g/mol. The fourth-order valence-corrected chi connectivity index (χ4v) is 4.34. The van der Waals surface area contributed by atoms with E-state index < -0.39 is 0 Å². The van der Waals surface area contributed by atoms with Gasteiger partial charge in [0.1, 0.15) is 11.0 Å². The number of carbonyl (C=O) groups is 1. The minimum atomic E-state index is 0.0938. The Morgan fingerprint density at radius 1 is 1.17 bits per heavy atom. The first-order chi connectivity index (χ1) is 14.6. The van der Waals surface area contributed by atoms with Crippen LogP contribution in [-0.2, 0) is 4.79 Å². The second-order valence-corrected chi connectivity index (χ2v) is 7.95. The highest BCUT2D eigenvalue weighted by atomic mass is 35.5. The monoisotopic (exact) mass is 423 g/mol. The van der Waals surface area contributed by atoms with Gasteiger partial charge in [0.05, 0.1) is 5.69 Å². The predicted molar refractivity (Wildman–Crippen MR) is 121 cm³/mol. The maximum absolute atomic E-state index is 12.8. The van der Waals surface area contributed by atoms with Crippen molar-refractivity contribution < 1.29 is 4.79 Å². The third-order valence-electron chi connectivity index (χ3n) is 5.85. The zero-order valence-electron chi connectivity index (χ0n) is 17.4. The lowest BCUT2D eigenvalue weighted by Crippen LogP contribution is -2.42. The molecule has 3 aromatic heterocycles. The van der Waals surface area contributed by atoms with Crippen LogP contribution < -0.4 is 4.90 Å². The molecule has 1 saturated heterocycles. The van der Waals surface area contributed by atoms with Crippen LogP contribution in [0.15, 0.2) is 42.9 Å². The van der Waals surface area contributed by atoms with E-state index in [1.54, 1.807) is 12.4 Å². The molecule has 30 heavy (non-hydrogen) atoms. The number of hydrogen-bond acceptors (Lipinski definition) is 5. The largest absolute Gasteiger partial charge is 0.356 e. The van der Waals surface area contributed by atoms with E-state index in [1.165, 1.54) is 0 Å². The highest BCUT2D eigenvalue weighted by Gasteiger charge is 2.28. The van der Waals surface area contributed by atoms with Crippen LogP contribution in [0.3, 0.4) is 0 Å². The van der Waals surface area contributed by atoms with Crippen molar-refractivity contribution >= 4 is 34.1 Å². The van der Waals surface area contributed by atoms with Crippen molar-refractivity contribution in [3.05, 3.63) is 48.0 Å². The summed E-state index contributed by atoms with van der Waals surface area (Å²) in [4.78, 5) is 30.3. The number of nitrogens with zero attached hydrogens (tertiary/aromatic N) is 5. The summed E-state index contributed by atoms with van der Waals surface area (Å²) in [7, 11) is 0. The van der Waals surface area contributed by atoms with Gasteiger partial charge in [-0.05, 0) is 51.0 Å². The summed E-state index contributed by atoms with van der Waals surface area (Å²) in [5.41, 5.74) is 1.77. The summed E-state index contributed by atoms with van der Waals surface area (Å²) in [5.74, 6) is 1.31. The molecule has 0 N–H and O–H groups in total. The number of fused-ring (bicyclic) bond motifs is 1. The van der Waals surface area contributed by atoms with Gasteiger partial charge >= 0.3 is 0 Å². The lowest BCUT2D eigenvalue weighted by atomic mass is 9.95. The van der Waals surface area contributed by atoms with Crippen molar-refractivity contribution in [2.24, 2.45) is 5.92 Å². The first-order valence-electron chi connectivity index (χ1n) is 10.5. The maximum atomic E-state index is 12.8. The molecule has 1 fully saturated rings. The van der Waals surface area contributed by atoms with Crippen LogP contribution >= 0.6 is 11.6 Å². The van der Waals surface area contributed by atoms with Crippen LogP contribution in [0.2, 0.25) is 5.15 Å². The van der Waals surface area contributed by atoms with Gasteiger partial charge in [0.15, 0.2) is 0 Å². The Balaban J connectivity index is 1.64. The van der Waals surface area contributed by atoms with E-state index in [-0.39, 0.29) is 11.8 Å². The highest BCUT2D eigenvalue weighted by Crippen LogP contribution is 2.32. The van der Waals surface area contributed by atoms with E-state index >= 15 is 0 Å². The maximum Gasteiger partial charge on any atom is 0.225 e. The van der Waals surface area contributed by atoms with Gasteiger partial charge in [-0.1, -0.05) is 11.6 Å². The molecule has 4 rings (SSSR count). The van der Waals surface area contributed by atoms with Crippen molar-refractivity contribution in [3.63, 3.8) is 0 Å². The number of amides is 1. The Kier molecular flexibility index (Phi) is 6.13. The second-order valence-electron chi connectivity index (χ2n) is 7.57. The SMILES string of the molecule is CCN(CC)C(=O)C1CCN(c2nc(-c3ccnc(Cl)c3)cc3cnccc23)CC1. The van der Waals surface area contributed by atoms with E-state index in [1.807, 2.05) is 49.2 Å². The lowest BCUT2D eigenvalue weighted by molar-refractivity contribution is -0.135. The molecule has 0 aromatic carbocycles. The van der Waals surface area contributed by atoms with Crippen LogP contribution in [0.1, 0.15) is 26.7 Å². The van der Waals surface area contributed by atoms with Gasteiger partial charge in [-0.25, -0.2) is 9.97 Å². The number of carbonyl (C=O) groups excluding carboxylic acids is 1. The molecule has 0 saturated carbocycles. The summed E-state index contributed by atoms with van der Waals surface area (Å²) >= 11 is 6.10. The number of pyridine rings is 3. The Bertz CT molecular complexity index is 1040. The molecule has 3 aromatic rings. The topological polar surface area (TPSA) is 62.2 Å². The van der Waals surface area contributed by atoms with E-state index in [0.29, 0.717) is 5.15 Å². The molecule has 156 valence electrons. The first kappa shape index (κ1) is 20.5. The number of piperidine rings is 1. The molecule has 0 bridgehead atoms. The zero-order valence-corrected chi connectivity index (χ0v) is 18.1. The molecule has 0 atom stereocenters. The standard InChI is InChI=1S/C23H26ClN5O/c1-3-28(4-2)23(30)16-7-11-29(12-8-16)22-19-6-9-25-15-18(19)13-20(27-22)17-5-10-26-21(24)14-17/h5-6,9-10,13-16H,3-4,7-8,11-12H2,1-2H3. The minimum absolute atomic E-state index is 0.0938. The molecule has 4 heterocycles. The predicted octanol–water partition coefficient (Wildman–Crippen LogP) is 4.43. The third kappa shape index (κ3) is 4.10. The molecule has 0 unspecified atom stereocenters. The number of anilines is 1. The molecule has 7 heteroatoms. The normalized spacial score (nSPS) is 14.8. The number of rotatable bonds is 5. The van der Waals surface area contributed by atoms with Crippen molar-refractivity contribution in [2.75, 3.05) is 31.1 Å². The van der Waals surface area contributed by atoms with Crippen molar-refractivity contribution in [3.8, 4) is 11.3 Å². The van der Waals surface area contributed by atoms with Gasteiger partial charge in [0.25, 0.3) is 0 Å². The van der Waals surface area contributed by atoms with Crippen molar-refractivity contribution in [2.45, 2.75) is 26.7 Å². The van der Waals surface area contributed by atoms with Crippen molar-refractivity contribution in [1.29, 1.82) is 0 Å². The Labute approximate surface area is 181 Å². The molecule has 0 spiro atoms. The fourth-order valence-electron chi connectivity index (χ4n) is 4.16. The van der Waals surface area contributed by atoms with Crippen LogP contribution in [0.5, 0.6) is 0 Å². The van der Waals surface area contributed by atoms with Gasteiger partial charge < -0.3 is 9.80 Å². The minimum Gasteiger partial charge on any atom is -0.356 e. The van der Waals surface area contributed by atoms with E-state index in [4.69, 9.17) is 16.6 Å². The number of halogens is 1. The lowest BCUT2D eigenvalue weighted by Gasteiger charge is -2.35. The van der Waals surface area contributed by atoms with E-state index in [2.05, 4.69) is 14.9 Å². The van der Waals surface area contributed by atoms with Gasteiger partial charge in [-0.2, -0.15) is 0 Å². The summed E-state index contributed by atoms with van der Waals surface area (Å²) in [6.07, 6.45) is 7.04. The average Bonchev–Trinajstić information content (AvgIpc) is 2.79. The Morgan fingerprint density at radius 3 is 2.63 bits per heavy atom. The Hall–Kier alpha value is -2.73. The summed E-state index contributed by atoms with van der Waals surface area (Å²) < 4.78 is 0. The van der Waals surface area contributed by atoms with Gasteiger partial charge in [0, 0.05) is 67.0 Å². The third-order valence-corrected chi connectivity index (χ3v) is 6.06. The summed E-state index contributed by atoms with van der Waals surface area (Å²) in [6.45, 7) is 7.23. The van der Waals surface area contributed by atoms with E-state index in [9.17, 15) is 4.79 Å². The number of hydrogen-bond donors (Lipinski definition) is 0. The van der Waals surface area contributed by atoms with Gasteiger partial charge in [-0.3, -0.25) is 9.78 Å². The second kappa shape index (κ2) is 8.96. The van der Waals surface area contributed by atoms with Crippen LogP contribution in [0.25, 0.3) is 22.0 Å². The summed E-state index contributed by atoms with van der Waals surface area (Å²) in [6, 6.07) is 7.78. The van der Waals surface area contributed by atoms with Crippen LogP contribution in [0, 0.1) is 5.92 Å². The molecule has 1 aliphatic heterocycles. The molecular formula is C23H26ClN5O. The smallest absolute Gasteiger partial charge is 0.225 e. The first-order valence-corrected chi connectivity index (χ1v) is 10.9. The Morgan fingerprint density at radius 2 is 1.93 bits per heavy atom. The van der Waals surface area contributed by atoms with Gasteiger partial charge in [0.2, 0.25) is 5.91 Å². The van der Waals surface area contributed by atoms with E-state index in [0.717, 1.165) is 66.9 Å². The number of aromatic nitrogens is 3. The molecule has 0 radical (unpaired) electrons. The highest BCUT2D eigenvalue weighted by molar-refractivity contribution is 6.29. The molecule has 0 aliphatic carbocycles. The zero-order chi connectivity index (χ0) is 21.1. The molecule has 1 amide bonds. The quantitative estimate of drug-likeness (QED) is 0.568. The van der Waals surface area contributed by atoms with Crippen LogP contribution in [0.4, 0.5) is 5.82 Å². The van der Waals surface area contributed by atoms with Crippen LogP contribution in [-0.4, -0.2) is 51.9 Å². The fraction of sp³-hybridized carbons (Fsp3) is 0.391. The van der Waals surface area contributed by atoms with Crippen molar-refractivity contribution in [1.82, 2.24) is 19.9 Å². The molecule has 1 aliphatic rings.